The van der Waals surface area contributed by atoms with E-state index in [1.807, 2.05) is 24.3 Å². The third-order valence-electron chi connectivity index (χ3n) is 6.00. The minimum atomic E-state index is -0.0408. The first-order valence-electron chi connectivity index (χ1n) is 9.76. The van der Waals surface area contributed by atoms with Gasteiger partial charge in [0.05, 0.1) is 20.8 Å². The molecule has 0 saturated carbocycles. The van der Waals surface area contributed by atoms with Gasteiger partial charge in [0.2, 0.25) is 0 Å². The lowest BCUT2D eigenvalue weighted by atomic mass is 9.85. The summed E-state index contributed by atoms with van der Waals surface area (Å²) in [7, 11) is 3.21. The summed E-state index contributed by atoms with van der Waals surface area (Å²) < 4.78 is 10.8. The molecule has 1 unspecified atom stereocenters. The first-order chi connectivity index (χ1) is 13.6. The van der Waals surface area contributed by atoms with E-state index in [-0.39, 0.29) is 12.4 Å². The number of nitrogens with zero attached hydrogens (tertiary/aromatic N) is 1. The molecule has 1 fully saturated rings. The Morgan fingerprint density at radius 2 is 1.71 bits per heavy atom. The number of rotatable bonds is 5. The van der Waals surface area contributed by atoms with Crippen molar-refractivity contribution in [3.05, 3.63) is 53.1 Å². The number of fused-ring (bicyclic) bond motifs is 1. The molecule has 0 aliphatic carbocycles. The highest BCUT2D eigenvalue weighted by Crippen LogP contribution is 2.42. The molecule has 0 spiro atoms. The molecule has 5 heteroatoms. The fourth-order valence-corrected chi connectivity index (χ4v) is 4.48. The minimum Gasteiger partial charge on any atom is -0.504 e. The van der Waals surface area contributed by atoms with Gasteiger partial charge >= 0.3 is 0 Å². The number of hydrogen-bond donors (Lipinski definition) is 2. The number of methoxy groups -OCH3 is 2. The third-order valence-corrected chi connectivity index (χ3v) is 6.00. The average Bonchev–Trinajstić information content (AvgIpc) is 3.20. The van der Waals surface area contributed by atoms with Crippen molar-refractivity contribution in [2.45, 2.75) is 31.9 Å². The number of benzene rings is 2. The summed E-state index contributed by atoms with van der Waals surface area (Å²) in [5.41, 5.74) is 5.55. The second-order valence-corrected chi connectivity index (χ2v) is 7.50. The Hall–Kier alpha value is -2.50. The highest BCUT2D eigenvalue weighted by atomic mass is 16.5. The van der Waals surface area contributed by atoms with Crippen LogP contribution in [0.25, 0.3) is 11.1 Å². The van der Waals surface area contributed by atoms with Crippen LogP contribution in [0.15, 0.2) is 36.4 Å². The van der Waals surface area contributed by atoms with E-state index in [4.69, 9.17) is 9.47 Å². The summed E-state index contributed by atoms with van der Waals surface area (Å²) in [6, 6.07) is 12.2. The zero-order chi connectivity index (χ0) is 19.7. The van der Waals surface area contributed by atoms with E-state index in [2.05, 4.69) is 11.0 Å². The summed E-state index contributed by atoms with van der Waals surface area (Å²) in [6.07, 6.45) is 3.44. The Balaban J connectivity index is 1.84. The fourth-order valence-electron chi connectivity index (χ4n) is 4.48. The molecule has 0 aromatic heterocycles. The SMILES string of the molecule is COc1cc(C2=C(c3ccc(CO)c(OC)c3)CC3CCCN3C2)ccc1O. The number of hydrogen-bond acceptors (Lipinski definition) is 5. The van der Waals surface area contributed by atoms with Gasteiger partial charge in [0, 0.05) is 18.2 Å². The molecule has 4 rings (SSSR count). The van der Waals surface area contributed by atoms with Crippen LogP contribution in [0.5, 0.6) is 17.2 Å². The van der Waals surface area contributed by atoms with Crippen molar-refractivity contribution in [2.24, 2.45) is 0 Å². The molecular formula is C23H27NO4. The van der Waals surface area contributed by atoms with Gasteiger partial charge in [-0.25, -0.2) is 0 Å². The second-order valence-electron chi connectivity index (χ2n) is 7.50. The first-order valence-corrected chi connectivity index (χ1v) is 9.76. The molecule has 2 aromatic carbocycles. The quantitative estimate of drug-likeness (QED) is 0.827. The molecule has 0 bridgehead atoms. The van der Waals surface area contributed by atoms with Crippen LogP contribution < -0.4 is 9.47 Å². The van der Waals surface area contributed by atoms with Crippen LogP contribution in [0.3, 0.4) is 0 Å². The lowest BCUT2D eigenvalue weighted by Crippen LogP contribution is -2.35. The predicted octanol–water partition coefficient (Wildman–Crippen LogP) is 3.68. The van der Waals surface area contributed by atoms with Crippen molar-refractivity contribution in [3.63, 3.8) is 0 Å². The van der Waals surface area contributed by atoms with Crippen LogP contribution in [-0.2, 0) is 6.61 Å². The molecule has 148 valence electrons. The maximum Gasteiger partial charge on any atom is 0.161 e. The number of ether oxygens (including phenoxy) is 2. The molecule has 2 aliphatic heterocycles. The lowest BCUT2D eigenvalue weighted by Gasteiger charge is -2.34. The Bertz CT molecular complexity index is 905. The lowest BCUT2D eigenvalue weighted by molar-refractivity contribution is 0.273. The molecule has 2 aliphatic rings. The Morgan fingerprint density at radius 3 is 2.46 bits per heavy atom. The standard InChI is InChI=1S/C23H27NO4/c1-27-22-10-15(5-6-17(22)14-25)19-12-18-4-3-9-24(18)13-20(19)16-7-8-21(26)23(11-16)28-2/h5-8,10-11,18,25-26H,3-4,9,12-14H2,1-2H3. The normalized spacial score (nSPS) is 19.6. The molecule has 0 amide bonds. The largest absolute Gasteiger partial charge is 0.504 e. The van der Waals surface area contributed by atoms with Gasteiger partial charge in [0.1, 0.15) is 5.75 Å². The van der Waals surface area contributed by atoms with Crippen LogP contribution in [0.4, 0.5) is 0 Å². The number of aromatic hydroxyl groups is 1. The van der Waals surface area contributed by atoms with E-state index < -0.39 is 0 Å². The summed E-state index contributed by atoms with van der Waals surface area (Å²) in [5, 5.41) is 19.6. The van der Waals surface area contributed by atoms with Crippen molar-refractivity contribution in [1.29, 1.82) is 0 Å². The maximum atomic E-state index is 10.0. The Labute approximate surface area is 165 Å². The minimum absolute atomic E-state index is 0.0408. The van der Waals surface area contributed by atoms with Crippen molar-refractivity contribution < 1.29 is 19.7 Å². The summed E-state index contributed by atoms with van der Waals surface area (Å²) in [4.78, 5) is 2.55. The molecule has 2 aromatic rings. The molecule has 2 N–H and O–H groups in total. The van der Waals surface area contributed by atoms with E-state index in [1.54, 1.807) is 20.3 Å². The van der Waals surface area contributed by atoms with E-state index in [1.165, 1.54) is 24.0 Å². The van der Waals surface area contributed by atoms with Crippen molar-refractivity contribution in [2.75, 3.05) is 27.3 Å². The zero-order valence-corrected chi connectivity index (χ0v) is 16.4. The van der Waals surface area contributed by atoms with Gasteiger partial charge < -0.3 is 19.7 Å². The van der Waals surface area contributed by atoms with Crippen LogP contribution in [0, 0.1) is 0 Å². The molecule has 5 nitrogen and oxygen atoms in total. The van der Waals surface area contributed by atoms with Crippen LogP contribution in [0.1, 0.15) is 36.0 Å². The van der Waals surface area contributed by atoms with E-state index in [9.17, 15) is 10.2 Å². The first kappa shape index (κ1) is 18.8. The third kappa shape index (κ3) is 3.36. The van der Waals surface area contributed by atoms with Crippen molar-refractivity contribution >= 4 is 11.1 Å². The van der Waals surface area contributed by atoms with Crippen molar-refractivity contribution in [1.82, 2.24) is 4.90 Å². The van der Waals surface area contributed by atoms with Crippen LogP contribution in [-0.4, -0.2) is 48.5 Å². The Morgan fingerprint density at radius 1 is 1.00 bits per heavy atom. The van der Waals surface area contributed by atoms with Gasteiger partial charge in [-0.3, -0.25) is 4.90 Å². The summed E-state index contributed by atoms with van der Waals surface area (Å²) >= 11 is 0. The number of phenolic OH excluding ortho intramolecular Hbond substituents is 1. The predicted molar refractivity (Wildman–Crippen MR) is 110 cm³/mol. The number of aliphatic hydroxyl groups is 1. The fraction of sp³-hybridized carbons (Fsp3) is 0.391. The summed E-state index contributed by atoms with van der Waals surface area (Å²) in [6.45, 7) is 1.97. The monoisotopic (exact) mass is 381 g/mol. The van der Waals surface area contributed by atoms with Crippen molar-refractivity contribution in [3.8, 4) is 17.2 Å². The maximum absolute atomic E-state index is 10.0. The smallest absolute Gasteiger partial charge is 0.161 e. The molecule has 2 heterocycles. The summed E-state index contributed by atoms with van der Waals surface area (Å²) in [5.74, 6) is 1.35. The number of aliphatic hydroxyl groups excluding tert-OH is 1. The van der Waals surface area contributed by atoms with Gasteiger partial charge in [-0.15, -0.1) is 0 Å². The van der Waals surface area contributed by atoms with Gasteiger partial charge in [-0.1, -0.05) is 18.2 Å². The molecule has 1 atom stereocenters. The highest BCUT2D eigenvalue weighted by molar-refractivity contribution is 5.93. The molecule has 28 heavy (non-hydrogen) atoms. The van der Waals surface area contributed by atoms with E-state index in [0.717, 1.165) is 36.2 Å². The molecule has 1 saturated heterocycles. The van der Waals surface area contributed by atoms with Gasteiger partial charge in [0.15, 0.2) is 11.5 Å². The van der Waals surface area contributed by atoms with Gasteiger partial charge in [-0.2, -0.15) is 0 Å². The van der Waals surface area contributed by atoms with E-state index >= 15 is 0 Å². The number of phenols is 1. The van der Waals surface area contributed by atoms with Gasteiger partial charge in [-0.05, 0) is 66.3 Å². The van der Waals surface area contributed by atoms with Crippen LogP contribution >= 0.6 is 0 Å². The highest BCUT2D eigenvalue weighted by Gasteiger charge is 2.32. The zero-order valence-electron chi connectivity index (χ0n) is 16.4. The molecular weight excluding hydrogens is 354 g/mol. The average molecular weight is 381 g/mol. The molecule has 0 radical (unpaired) electrons. The second kappa shape index (κ2) is 7.86. The van der Waals surface area contributed by atoms with Crippen LogP contribution in [0.2, 0.25) is 0 Å². The van der Waals surface area contributed by atoms with E-state index in [0.29, 0.717) is 17.5 Å². The van der Waals surface area contributed by atoms with Gasteiger partial charge in [0.25, 0.3) is 0 Å². The Kier molecular flexibility index (Phi) is 5.29. The topological polar surface area (TPSA) is 62.2 Å².